The smallest absolute Gasteiger partial charge is 0.379 e. The van der Waals surface area contributed by atoms with Gasteiger partial charge in [-0.1, -0.05) is 23.7 Å². The van der Waals surface area contributed by atoms with Gasteiger partial charge in [-0.2, -0.15) is 5.26 Å². The van der Waals surface area contributed by atoms with E-state index >= 15 is 0 Å². The molecule has 0 spiro atoms. The number of ether oxygens (including phenoxy) is 4. The molecule has 1 aromatic heterocycles. The number of halogens is 1. The van der Waals surface area contributed by atoms with E-state index in [1.54, 1.807) is 50.4 Å². The molecule has 1 aliphatic rings. The van der Waals surface area contributed by atoms with Crippen molar-refractivity contribution in [2.45, 2.75) is 26.7 Å². The molecule has 39 heavy (non-hydrogen) atoms. The number of allylic oxidation sites excluding steroid dienone is 1. The van der Waals surface area contributed by atoms with Crippen LogP contribution in [-0.4, -0.2) is 19.7 Å². The molecule has 4 aromatic rings. The number of nitriles is 1. The second-order valence-corrected chi connectivity index (χ2v) is 9.42. The number of methoxy groups -OCH3 is 1. The quantitative estimate of drug-likeness (QED) is 0.214. The summed E-state index contributed by atoms with van der Waals surface area (Å²) < 4.78 is 28.4. The number of hydrogen-bond acceptors (Lipinski definition) is 8. The van der Waals surface area contributed by atoms with Gasteiger partial charge in [-0.25, -0.2) is 4.79 Å². The van der Waals surface area contributed by atoms with E-state index in [1.165, 1.54) is 0 Å². The molecule has 2 heterocycles. The molecular formula is C30H25ClN2O6. The molecule has 0 saturated heterocycles. The van der Waals surface area contributed by atoms with Crippen molar-refractivity contribution in [1.29, 1.82) is 5.26 Å². The van der Waals surface area contributed by atoms with Crippen LogP contribution in [-0.2, 0) is 0 Å². The number of aryl methyl sites for hydroxylation is 2. The van der Waals surface area contributed by atoms with Gasteiger partial charge in [-0.05, 0) is 62.2 Å². The van der Waals surface area contributed by atoms with Crippen LogP contribution < -0.4 is 24.7 Å². The molecule has 0 fully saturated rings. The lowest BCUT2D eigenvalue weighted by Gasteiger charge is -2.27. The van der Waals surface area contributed by atoms with Crippen LogP contribution in [0.5, 0.6) is 23.0 Å². The Balaban J connectivity index is 1.49. The van der Waals surface area contributed by atoms with Gasteiger partial charge >= 0.3 is 5.97 Å². The second kappa shape index (κ2) is 10.3. The maximum atomic E-state index is 13.1. The summed E-state index contributed by atoms with van der Waals surface area (Å²) in [5.74, 6) is 0.555. The Morgan fingerprint density at radius 1 is 1.13 bits per heavy atom. The number of nitrogens with zero attached hydrogens (tertiary/aromatic N) is 1. The monoisotopic (exact) mass is 544 g/mol. The van der Waals surface area contributed by atoms with Gasteiger partial charge in [-0.15, -0.1) is 0 Å². The Kier molecular flexibility index (Phi) is 6.85. The summed E-state index contributed by atoms with van der Waals surface area (Å²) in [5, 5.41) is 11.2. The van der Waals surface area contributed by atoms with E-state index < -0.39 is 11.9 Å². The van der Waals surface area contributed by atoms with Crippen LogP contribution in [0.4, 0.5) is 0 Å². The molecule has 5 rings (SSSR count). The van der Waals surface area contributed by atoms with Crippen molar-refractivity contribution in [2.24, 2.45) is 5.73 Å². The highest BCUT2D eigenvalue weighted by atomic mass is 35.5. The van der Waals surface area contributed by atoms with Gasteiger partial charge in [0.25, 0.3) is 0 Å². The van der Waals surface area contributed by atoms with Gasteiger partial charge in [0.1, 0.15) is 28.7 Å². The molecule has 8 nitrogen and oxygen atoms in total. The number of furan rings is 1. The van der Waals surface area contributed by atoms with E-state index in [1.807, 2.05) is 26.0 Å². The normalized spacial score (nSPS) is 14.4. The molecule has 1 unspecified atom stereocenters. The van der Waals surface area contributed by atoms with Gasteiger partial charge < -0.3 is 29.1 Å². The highest BCUT2D eigenvalue weighted by Gasteiger charge is 2.32. The molecule has 1 atom stereocenters. The maximum Gasteiger partial charge on any atom is 0.379 e. The number of benzene rings is 3. The van der Waals surface area contributed by atoms with Crippen LogP contribution in [0, 0.1) is 25.2 Å². The predicted molar refractivity (Wildman–Crippen MR) is 146 cm³/mol. The maximum absolute atomic E-state index is 13.1. The third-order valence-electron chi connectivity index (χ3n) is 6.62. The van der Waals surface area contributed by atoms with Crippen molar-refractivity contribution in [3.8, 4) is 29.1 Å². The molecule has 9 heteroatoms. The first-order valence-corrected chi connectivity index (χ1v) is 12.6. The molecule has 198 valence electrons. The van der Waals surface area contributed by atoms with Crippen LogP contribution in [0.2, 0.25) is 5.02 Å². The van der Waals surface area contributed by atoms with E-state index in [0.29, 0.717) is 45.6 Å². The molecular weight excluding hydrogens is 520 g/mol. The Hall–Kier alpha value is -4.61. The average Bonchev–Trinajstić information content (AvgIpc) is 3.23. The minimum absolute atomic E-state index is 0.0355. The Labute approximate surface area is 230 Å². The van der Waals surface area contributed by atoms with Crippen LogP contribution in [0.1, 0.15) is 45.7 Å². The van der Waals surface area contributed by atoms with Crippen molar-refractivity contribution in [2.75, 3.05) is 13.7 Å². The average molecular weight is 545 g/mol. The zero-order valence-electron chi connectivity index (χ0n) is 21.8. The Morgan fingerprint density at radius 2 is 1.92 bits per heavy atom. The van der Waals surface area contributed by atoms with Crippen molar-refractivity contribution < 1.29 is 28.2 Å². The molecule has 0 aliphatic carbocycles. The molecule has 2 N–H and O–H groups in total. The lowest BCUT2D eigenvalue weighted by atomic mass is 9.83. The first-order chi connectivity index (χ1) is 18.7. The van der Waals surface area contributed by atoms with E-state index in [2.05, 4.69) is 6.07 Å². The highest BCUT2D eigenvalue weighted by Crippen LogP contribution is 2.45. The van der Waals surface area contributed by atoms with Crippen molar-refractivity contribution in [1.82, 2.24) is 0 Å². The van der Waals surface area contributed by atoms with Gasteiger partial charge in [0.2, 0.25) is 11.6 Å². The van der Waals surface area contributed by atoms with Crippen molar-refractivity contribution in [3.05, 3.63) is 93.0 Å². The van der Waals surface area contributed by atoms with Crippen molar-refractivity contribution >= 4 is 28.5 Å². The number of carbonyl (C=O) groups is 1. The molecule has 0 bridgehead atoms. The van der Waals surface area contributed by atoms with E-state index in [0.717, 1.165) is 16.5 Å². The number of nitrogens with two attached hydrogens (primary N) is 1. The molecule has 0 saturated carbocycles. The van der Waals surface area contributed by atoms with Crippen LogP contribution >= 0.6 is 11.6 Å². The molecule has 0 amide bonds. The van der Waals surface area contributed by atoms with Gasteiger partial charge in [-0.3, -0.25) is 0 Å². The first kappa shape index (κ1) is 26.0. The second-order valence-electron chi connectivity index (χ2n) is 9.01. The lowest BCUT2D eigenvalue weighted by molar-refractivity contribution is 0.0702. The van der Waals surface area contributed by atoms with Crippen LogP contribution in [0.3, 0.4) is 0 Å². The van der Waals surface area contributed by atoms with E-state index in [9.17, 15) is 10.1 Å². The molecule has 3 aromatic carbocycles. The lowest BCUT2D eigenvalue weighted by Crippen LogP contribution is -2.21. The predicted octanol–water partition coefficient (Wildman–Crippen LogP) is 6.55. The highest BCUT2D eigenvalue weighted by molar-refractivity contribution is 6.32. The summed E-state index contributed by atoms with van der Waals surface area (Å²) in [7, 11) is 1.55. The van der Waals surface area contributed by atoms with E-state index in [4.69, 9.17) is 40.7 Å². The largest absolute Gasteiger partial charge is 0.493 e. The summed E-state index contributed by atoms with van der Waals surface area (Å²) in [6.45, 7) is 6.00. The summed E-state index contributed by atoms with van der Waals surface area (Å²) in [6.07, 6.45) is 0. The molecule has 1 aliphatic heterocycles. The summed E-state index contributed by atoms with van der Waals surface area (Å²) >= 11 is 6.25. The third-order valence-corrected chi connectivity index (χ3v) is 7.03. The number of hydrogen-bond donors (Lipinski definition) is 1. The zero-order valence-corrected chi connectivity index (χ0v) is 22.5. The summed E-state index contributed by atoms with van der Waals surface area (Å²) in [4.78, 5) is 13.1. The van der Waals surface area contributed by atoms with Crippen molar-refractivity contribution in [3.63, 3.8) is 0 Å². The fourth-order valence-corrected chi connectivity index (χ4v) is 4.83. The standard InChI is InChI=1S/C30H25ClN2O6/c1-5-36-23-9-6-17(11-26(23)35-4)27-19-8-7-18(12-25(19)39-29(33)21(27)14-32)37-30(34)28-16(3)20-13-22(31)15(2)10-24(20)38-28/h6-13,27H,5,33H2,1-4H3. The first-order valence-electron chi connectivity index (χ1n) is 12.2. The van der Waals surface area contributed by atoms with E-state index in [-0.39, 0.29) is 23.0 Å². The minimum Gasteiger partial charge on any atom is -0.493 e. The SMILES string of the molecule is CCOc1ccc(C2C(C#N)=C(N)Oc3cc(OC(=O)c4oc5cc(C)c(Cl)cc5c4C)ccc32)cc1OC. The third kappa shape index (κ3) is 4.62. The van der Waals surface area contributed by atoms with Gasteiger partial charge in [0.15, 0.2) is 11.5 Å². The fraction of sp³-hybridized carbons (Fsp3) is 0.200. The van der Waals surface area contributed by atoms with Crippen LogP contribution in [0.15, 0.2) is 64.4 Å². The fourth-order valence-electron chi connectivity index (χ4n) is 4.67. The number of carbonyl (C=O) groups excluding carboxylic acids is 1. The zero-order chi connectivity index (χ0) is 27.8. The van der Waals surface area contributed by atoms with Crippen LogP contribution in [0.25, 0.3) is 11.0 Å². The Bertz CT molecular complexity index is 1700. The summed E-state index contributed by atoms with van der Waals surface area (Å²) in [5.41, 5.74) is 9.86. The Morgan fingerprint density at radius 3 is 2.64 bits per heavy atom. The molecule has 0 radical (unpaired) electrons. The summed E-state index contributed by atoms with van der Waals surface area (Å²) in [6, 6.07) is 16.1. The minimum atomic E-state index is -0.665. The number of fused-ring (bicyclic) bond motifs is 2. The van der Waals surface area contributed by atoms with Gasteiger partial charge in [0, 0.05) is 27.6 Å². The number of esters is 1. The number of rotatable bonds is 6. The van der Waals surface area contributed by atoms with Gasteiger partial charge in [0.05, 0.1) is 19.6 Å². The topological polar surface area (TPSA) is 117 Å².